The smallest absolute Gasteiger partial charge is 0.276 e. The normalized spacial score (nSPS) is 11.3. The minimum absolute atomic E-state index is 0.0233. The summed E-state index contributed by atoms with van der Waals surface area (Å²) in [6, 6.07) is 5.29. The van der Waals surface area contributed by atoms with E-state index in [0.29, 0.717) is 5.69 Å². The second-order valence-corrected chi connectivity index (χ2v) is 6.75. The maximum atomic E-state index is 12.0. The van der Waals surface area contributed by atoms with E-state index in [9.17, 15) is 18.3 Å². The van der Waals surface area contributed by atoms with Crippen molar-refractivity contribution in [1.82, 2.24) is 10.2 Å². The maximum Gasteiger partial charge on any atom is 0.276 e. The van der Waals surface area contributed by atoms with E-state index in [-0.39, 0.29) is 27.8 Å². The average molecular weight is 309 g/mol. The van der Waals surface area contributed by atoms with E-state index in [1.54, 1.807) is 13.0 Å². The van der Waals surface area contributed by atoms with E-state index >= 15 is 0 Å². The first kappa shape index (κ1) is 15.0. The lowest BCUT2D eigenvalue weighted by molar-refractivity contribution is 0.102. The molecule has 0 fully saturated rings. The summed E-state index contributed by atoms with van der Waals surface area (Å²) in [5.41, 5.74) is 0.887. The van der Waals surface area contributed by atoms with Crippen LogP contribution in [0.4, 0.5) is 5.69 Å². The van der Waals surface area contributed by atoms with Crippen molar-refractivity contribution in [3.05, 3.63) is 35.7 Å². The molecule has 7 nitrogen and oxygen atoms in total. The number of hydrogen-bond acceptors (Lipinski definition) is 5. The van der Waals surface area contributed by atoms with Crippen molar-refractivity contribution in [1.29, 1.82) is 0 Å². The molecule has 0 aliphatic carbocycles. The molecule has 0 spiro atoms. The fraction of sp³-hybridized carbons (Fsp3) is 0.231. The van der Waals surface area contributed by atoms with Crippen LogP contribution in [0.3, 0.4) is 0 Å². The summed E-state index contributed by atoms with van der Waals surface area (Å²) in [5, 5.41) is 18.6. The van der Waals surface area contributed by atoms with Crippen molar-refractivity contribution in [3.63, 3.8) is 0 Å². The van der Waals surface area contributed by atoms with Gasteiger partial charge in [0.05, 0.1) is 16.3 Å². The first-order chi connectivity index (χ1) is 9.83. The molecule has 1 aromatic carbocycles. The average Bonchev–Trinajstić information content (AvgIpc) is 2.87. The van der Waals surface area contributed by atoms with Crippen molar-refractivity contribution in [2.45, 2.75) is 18.7 Å². The highest BCUT2D eigenvalue weighted by Gasteiger charge is 2.16. The Kier molecular flexibility index (Phi) is 3.99. The highest BCUT2D eigenvalue weighted by Crippen LogP contribution is 2.27. The van der Waals surface area contributed by atoms with Crippen LogP contribution in [0.1, 0.15) is 23.1 Å². The summed E-state index contributed by atoms with van der Waals surface area (Å²) in [5.74, 6) is -0.824. The fourth-order valence-corrected chi connectivity index (χ4v) is 2.60. The Morgan fingerprint density at radius 2 is 2.10 bits per heavy atom. The quantitative estimate of drug-likeness (QED) is 0.740. The third-order valence-electron chi connectivity index (χ3n) is 2.89. The molecule has 0 saturated carbocycles. The second kappa shape index (κ2) is 5.57. The van der Waals surface area contributed by atoms with Crippen LogP contribution in [0.15, 0.2) is 29.2 Å². The van der Waals surface area contributed by atoms with Gasteiger partial charge in [0.15, 0.2) is 15.5 Å². The van der Waals surface area contributed by atoms with Gasteiger partial charge in [-0.1, -0.05) is 6.92 Å². The van der Waals surface area contributed by atoms with Gasteiger partial charge in [0.1, 0.15) is 5.75 Å². The van der Waals surface area contributed by atoms with E-state index in [4.69, 9.17) is 0 Å². The molecule has 1 aromatic heterocycles. The molecule has 1 heterocycles. The number of aromatic hydroxyl groups is 1. The van der Waals surface area contributed by atoms with Crippen LogP contribution in [-0.2, 0) is 9.84 Å². The molecule has 0 radical (unpaired) electrons. The van der Waals surface area contributed by atoms with Gasteiger partial charge in [-0.05, 0) is 31.2 Å². The molecule has 0 atom stereocenters. The molecule has 1 amide bonds. The predicted octanol–water partition coefficient (Wildman–Crippen LogP) is 1.47. The number of aromatic amines is 1. The number of carbonyl (C=O) groups is 1. The second-order valence-electron chi connectivity index (χ2n) is 4.47. The van der Waals surface area contributed by atoms with Crippen LogP contribution in [-0.4, -0.2) is 35.4 Å². The molecule has 0 saturated heterocycles. The number of anilines is 1. The number of phenols is 1. The lowest BCUT2D eigenvalue weighted by Gasteiger charge is -2.08. The van der Waals surface area contributed by atoms with Crippen molar-refractivity contribution in [2.24, 2.45) is 0 Å². The minimum Gasteiger partial charge on any atom is -0.506 e. The van der Waals surface area contributed by atoms with Crippen molar-refractivity contribution < 1.29 is 18.3 Å². The standard InChI is InChI=1S/C13H15N3O4S/c1-3-21(19,20)9-4-5-12(17)10(7-9)14-13(18)11-6-8(2)15-16-11/h4-7,17H,3H2,1-2H3,(H,14,18)(H,15,16). The van der Waals surface area contributed by atoms with Gasteiger partial charge in [-0.25, -0.2) is 8.42 Å². The molecule has 0 unspecified atom stereocenters. The minimum atomic E-state index is -3.42. The summed E-state index contributed by atoms with van der Waals surface area (Å²) in [6.07, 6.45) is 0. The van der Waals surface area contributed by atoms with Crippen LogP contribution in [0.2, 0.25) is 0 Å². The Morgan fingerprint density at radius 3 is 2.67 bits per heavy atom. The topological polar surface area (TPSA) is 112 Å². The van der Waals surface area contributed by atoms with Crippen LogP contribution < -0.4 is 5.32 Å². The van der Waals surface area contributed by atoms with Gasteiger partial charge in [-0.2, -0.15) is 5.10 Å². The number of H-pyrrole nitrogens is 1. The first-order valence-corrected chi connectivity index (χ1v) is 7.88. The van der Waals surface area contributed by atoms with E-state index < -0.39 is 15.7 Å². The molecule has 0 aliphatic heterocycles. The van der Waals surface area contributed by atoms with E-state index in [0.717, 1.165) is 0 Å². The molecular formula is C13H15N3O4S. The molecular weight excluding hydrogens is 294 g/mol. The van der Waals surface area contributed by atoms with Gasteiger partial charge in [0.2, 0.25) is 0 Å². The van der Waals surface area contributed by atoms with Gasteiger partial charge in [0, 0.05) is 5.69 Å². The number of benzene rings is 1. The van der Waals surface area contributed by atoms with Crippen molar-refractivity contribution in [3.8, 4) is 5.75 Å². The SMILES string of the molecule is CCS(=O)(=O)c1ccc(O)c(NC(=O)c2cc(C)[nH]n2)c1. The van der Waals surface area contributed by atoms with Gasteiger partial charge in [-0.3, -0.25) is 9.89 Å². The van der Waals surface area contributed by atoms with Crippen molar-refractivity contribution in [2.75, 3.05) is 11.1 Å². The zero-order valence-corrected chi connectivity index (χ0v) is 12.4. The number of amides is 1. The van der Waals surface area contributed by atoms with Crippen molar-refractivity contribution >= 4 is 21.4 Å². The molecule has 112 valence electrons. The molecule has 0 aliphatic rings. The van der Waals surface area contributed by atoms with Gasteiger partial charge >= 0.3 is 0 Å². The largest absolute Gasteiger partial charge is 0.506 e. The Hall–Kier alpha value is -2.35. The summed E-state index contributed by atoms with van der Waals surface area (Å²) < 4.78 is 23.6. The first-order valence-electron chi connectivity index (χ1n) is 6.22. The van der Waals surface area contributed by atoms with Gasteiger partial charge in [-0.15, -0.1) is 0 Å². The number of nitrogens with one attached hydrogen (secondary N) is 2. The Morgan fingerprint density at radius 1 is 1.38 bits per heavy atom. The molecule has 0 bridgehead atoms. The lowest BCUT2D eigenvalue weighted by Crippen LogP contribution is -2.13. The van der Waals surface area contributed by atoms with Crippen LogP contribution in [0, 0.1) is 6.92 Å². The van der Waals surface area contributed by atoms with Gasteiger partial charge in [0.25, 0.3) is 5.91 Å². The number of carbonyl (C=O) groups excluding carboxylic acids is 1. The number of nitrogens with zero attached hydrogens (tertiary/aromatic N) is 1. The van der Waals surface area contributed by atoms with E-state index in [1.807, 2.05) is 0 Å². The lowest BCUT2D eigenvalue weighted by atomic mass is 10.2. The Labute approximate surface area is 121 Å². The third-order valence-corrected chi connectivity index (χ3v) is 4.63. The van der Waals surface area contributed by atoms with Crippen LogP contribution in [0.25, 0.3) is 0 Å². The zero-order valence-electron chi connectivity index (χ0n) is 11.5. The summed E-state index contributed by atoms with van der Waals surface area (Å²) in [6.45, 7) is 3.27. The Bertz CT molecular complexity index is 780. The van der Waals surface area contributed by atoms with Gasteiger partial charge < -0.3 is 10.4 Å². The predicted molar refractivity (Wildman–Crippen MR) is 77.1 cm³/mol. The molecule has 2 rings (SSSR count). The fourth-order valence-electron chi connectivity index (χ4n) is 1.70. The number of hydrogen-bond donors (Lipinski definition) is 3. The highest BCUT2D eigenvalue weighted by molar-refractivity contribution is 7.91. The molecule has 8 heteroatoms. The molecule has 2 aromatic rings. The number of aryl methyl sites for hydroxylation is 1. The monoisotopic (exact) mass is 309 g/mol. The zero-order chi connectivity index (χ0) is 15.6. The number of phenolic OH excluding ortho intramolecular Hbond substituents is 1. The summed E-state index contributed by atoms with van der Waals surface area (Å²) >= 11 is 0. The summed E-state index contributed by atoms with van der Waals surface area (Å²) in [7, 11) is -3.42. The van der Waals surface area contributed by atoms with Crippen LogP contribution >= 0.6 is 0 Å². The number of sulfone groups is 1. The van der Waals surface area contributed by atoms with E-state index in [1.165, 1.54) is 25.1 Å². The van der Waals surface area contributed by atoms with E-state index in [2.05, 4.69) is 15.5 Å². The maximum absolute atomic E-state index is 12.0. The molecule has 21 heavy (non-hydrogen) atoms. The number of aromatic nitrogens is 2. The Balaban J connectivity index is 2.32. The third kappa shape index (κ3) is 3.22. The highest BCUT2D eigenvalue weighted by atomic mass is 32.2. The molecule has 3 N–H and O–H groups in total. The van der Waals surface area contributed by atoms with Crippen LogP contribution in [0.5, 0.6) is 5.75 Å². The summed E-state index contributed by atoms with van der Waals surface area (Å²) in [4.78, 5) is 12.0. The number of rotatable bonds is 4.